The number of carbonyl (C=O) groups is 4. The quantitative estimate of drug-likeness (QED) is 0.361. The number of hydrogen-bond acceptors (Lipinski definition) is 9. The molecule has 0 aromatic rings. The second-order valence-electron chi connectivity index (χ2n) is 5.16. The summed E-state index contributed by atoms with van der Waals surface area (Å²) in [4.78, 5) is 45.0. The van der Waals surface area contributed by atoms with Gasteiger partial charge in [-0.2, -0.15) is 0 Å². The molecule has 0 amide bonds. The van der Waals surface area contributed by atoms with Gasteiger partial charge in [0.05, 0.1) is 6.00 Å². The molecule has 5 atom stereocenters. The molecule has 1 saturated heterocycles. The van der Waals surface area contributed by atoms with E-state index >= 15 is 0 Å². The maximum atomic E-state index is 11.4. The highest BCUT2D eigenvalue weighted by molar-refractivity contribution is 6.11. The van der Waals surface area contributed by atoms with Crippen molar-refractivity contribution >= 4 is 31.7 Å². The lowest BCUT2D eigenvalue weighted by Crippen LogP contribution is -2.62. The Hall–Kier alpha value is -2.10. The van der Waals surface area contributed by atoms with Crippen molar-refractivity contribution < 1.29 is 42.9 Å². The monoisotopic (exact) mass is 342 g/mol. The Morgan fingerprint density at radius 2 is 1.25 bits per heavy atom. The Bertz CT molecular complexity index is 506. The van der Waals surface area contributed by atoms with Crippen molar-refractivity contribution in [2.45, 2.75) is 58.1 Å². The summed E-state index contributed by atoms with van der Waals surface area (Å²) in [6.07, 6.45) is -4.57. The van der Waals surface area contributed by atoms with Crippen LogP contribution in [0.4, 0.5) is 0 Å². The van der Waals surface area contributed by atoms with Crippen LogP contribution in [0.25, 0.3) is 0 Å². The summed E-state index contributed by atoms with van der Waals surface area (Å²) in [5, 5.41) is 0. The van der Waals surface area contributed by atoms with Crippen LogP contribution in [0.1, 0.15) is 27.7 Å². The van der Waals surface area contributed by atoms with Gasteiger partial charge in [0, 0.05) is 27.7 Å². The van der Waals surface area contributed by atoms with Crippen molar-refractivity contribution in [1.29, 1.82) is 0 Å². The minimum atomic E-state index is -1.21. The van der Waals surface area contributed by atoms with Crippen LogP contribution in [0.15, 0.2) is 0 Å². The average Bonchev–Trinajstić information content (AvgIpc) is 2.42. The van der Waals surface area contributed by atoms with Crippen LogP contribution in [0.2, 0.25) is 0 Å². The van der Waals surface area contributed by atoms with Crippen molar-refractivity contribution in [3.63, 3.8) is 0 Å². The van der Waals surface area contributed by atoms with Crippen molar-refractivity contribution in [2.24, 2.45) is 0 Å². The second kappa shape index (κ2) is 8.67. The molecule has 0 bridgehead atoms. The first kappa shape index (κ1) is 20.0. The van der Waals surface area contributed by atoms with E-state index in [0.717, 1.165) is 20.8 Å². The van der Waals surface area contributed by atoms with Gasteiger partial charge in [-0.3, -0.25) is 19.2 Å². The lowest BCUT2D eigenvalue weighted by molar-refractivity contribution is -0.239. The Kier molecular flexibility index (Phi) is 7.21. The number of ether oxygens (including phenoxy) is 5. The fourth-order valence-electron chi connectivity index (χ4n) is 2.26. The SMILES string of the molecule is [B][C@H]1O[C@H](COC(C)=O)[C@H](OC(C)=O)[C@H](OC(C)=O)[C@H]1OC(C)=O. The van der Waals surface area contributed by atoms with E-state index in [9.17, 15) is 19.2 Å². The van der Waals surface area contributed by atoms with Gasteiger partial charge in [-0.05, 0) is 0 Å². The predicted molar refractivity (Wildman–Crippen MR) is 77.7 cm³/mol. The van der Waals surface area contributed by atoms with Gasteiger partial charge in [0.2, 0.25) is 0 Å². The molecule has 0 unspecified atom stereocenters. The van der Waals surface area contributed by atoms with Gasteiger partial charge in [-0.25, -0.2) is 0 Å². The number of esters is 4. The highest BCUT2D eigenvalue weighted by atomic mass is 16.7. The number of hydrogen-bond donors (Lipinski definition) is 0. The normalized spacial score (nSPS) is 29.2. The van der Waals surface area contributed by atoms with Crippen molar-refractivity contribution in [1.82, 2.24) is 0 Å². The third kappa shape index (κ3) is 5.84. The van der Waals surface area contributed by atoms with Crippen LogP contribution in [0.3, 0.4) is 0 Å². The topological polar surface area (TPSA) is 114 Å². The van der Waals surface area contributed by atoms with Gasteiger partial charge < -0.3 is 23.7 Å². The molecule has 2 radical (unpaired) electrons. The molecule has 10 heteroatoms. The highest BCUT2D eigenvalue weighted by Crippen LogP contribution is 2.27. The third-order valence-corrected chi connectivity index (χ3v) is 3.03. The van der Waals surface area contributed by atoms with E-state index in [1.54, 1.807) is 0 Å². The molecule has 0 spiro atoms. The van der Waals surface area contributed by atoms with Crippen LogP contribution >= 0.6 is 0 Å². The van der Waals surface area contributed by atoms with Crippen molar-refractivity contribution in [3.05, 3.63) is 0 Å². The Balaban J connectivity index is 3.11. The van der Waals surface area contributed by atoms with E-state index in [1.165, 1.54) is 6.92 Å². The second-order valence-corrected chi connectivity index (χ2v) is 5.16. The molecule has 0 N–H and O–H groups in total. The zero-order valence-electron chi connectivity index (χ0n) is 13.8. The molecule has 1 aliphatic rings. The molecule has 0 aromatic carbocycles. The molecule has 9 nitrogen and oxygen atoms in total. The number of carbonyl (C=O) groups excluding carboxylic acids is 4. The van der Waals surface area contributed by atoms with Gasteiger partial charge in [0.1, 0.15) is 20.6 Å². The minimum Gasteiger partial charge on any atom is -0.463 e. The molecule has 1 fully saturated rings. The van der Waals surface area contributed by atoms with E-state index in [0.29, 0.717) is 0 Å². The molecule has 0 saturated carbocycles. The third-order valence-electron chi connectivity index (χ3n) is 3.03. The first-order valence-corrected chi connectivity index (χ1v) is 7.18. The molecule has 1 rings (SSSR count). The summed E-state index contributed by atoms with van der Waals surface area (Å²) in [7, 11) is 5.81. The first-order chi connectivity index (χ1) is 11.1. The van der Waals surface area contributed by atoms with Gasteiger partial charge >= 0.3 is 23.9 Å². The summed E-state index contributed by atoms with van der Waals surface area (Å²) in [5.41, 5.74) is 0. The molecule has 24 heavy (non-hydrogen) atoms. The Morgan fingerprint density at radius 3 is 1.71 bits per heavy atom. The zero-order valence-corrected chi connectivity index (χ0v) is 13.8. The fourth-order valence-corrected chi connectivity index (χ4v) is 2.26. The lowest BCUT2D eigenvalue weighted by Gasteiger charge is -2.43. The fraction of sp³-hybridized carbons (Fsp3) is 0.714. The maximum Gasteiger partial charge on any atom is 0.303 e. The zero-order chi connectivity index (χ0) is 18.4. The van der Waals surface area contributed by atoms with E-state index in [-0.39, 0.29) is 6.61 Å². The minimum absolute atomic E-state index is 0.286. The Labute approximate surface area is 140 Å². The van der Waals surface area contributed by atoms with E-state index in [1.807, 2.05) is 0 Å². The van der Waals surface area contributed by atoms with Crippen LogP contribution in [0, 0.1) is 0 Å². The van der Waals surface area contributed by atoms with Gasteiger partial charge in [-0.1, -0.05) is 0 Å². The summed E-state index contributed by atoms with van der Waals surface area (Å²) in [6, 6.07) is -1.18. The largest absolute Gasteiger partial charge is 0.463 e. The smallest absolute Gasteiger partial charge is 0.303 e. The molecular formula is C14H19BO9. The van der Waals surface area contributed by atoms with Crippen LogP contribution in [-0.2, 0) is 42.9 Å². The highest BCUT2D eigenvalue weighted by Gasteiger charge is 2.50. The van der Waals surface area contributed by atoms with E-state index < -0.39 is 54.3 Å². The standard InChI is InChI=1S/C14H19BO9/c1-6(16)20-5-10-11(21-7(2)17)12(22-8(3)18)13(14(15)24-10)23-9(4)19/h10-14H,5H2,1-4H3/t10-,11+,12+,13-,14+/m1/s1. The van der Waals surface area contributed by atoms with E-state index in [2.05, 4.69) is 0 Å². The van der Waals surface area contributed by atoms with Crippen molar-refractivity contribution in [2.75, 3.05) is 6.61 Å². The summed E-state index contributed by atoms with van der Waals surface area (Å²) in [5.74, 6) is -2.66. The number of rotatable bonds is 5. The van der Waals surface area contributed by atoms with Crippen LogP contribution in [-0.4, -0.2) is 68.7 Å². The molecule has 1 aliphatic heterocycles. The molecule has 132 valence electrons. The Morgan fingerprint density at radius 1 is 0.792 bits per heavy atom. The predicted octanol–water partition coefficient (Wildman–Crippen LogP) is -0.762. The summed E-state index contributed by atoms with van der Waals surface area (Å²) >= 11 is 0. The van der Waals surface area contributed by atoms with E-state index in [4.69, 9.17) is 31.5 Å². The summed E-state index contributed by atoms with van der Waals surface area (Å²) < 4.78 is 25.6. The molecule has 1 heterocycles. The molecule has 0 aliphatic carbocycles. The van der Waals surface area contributed by atoms with Crippen molar-refractivity contribution in [3.8, 4) is 0 Å². The van der Waals surface area contributed by atoms with Gasteiger partial charge in [-0.15, -0.1) is 0 Å². The van der Waals surface area contributed by atoms with Crippen LogP contribution in [0.5, 0.6) is 0 Å². The molecular weight excluding hydrogens is 323 g/mol. The van der Waals surface area contributed by atoms with Gasteiger partial charge in [0.15, 0.2) is 18.3 Å². The lowest BCUT2D eigenvalue weighted by atomic mass is 9.84. The molecule has 0 aromatic heterocycles. The summed E-state index contributed by atoms with van der Waals surface area (Å²) in [6.45, 7) is 4.32. The van der Waals surface area contributed by atoms with Gasteiger partial charge in [0.25, 0.3) is 0 Å². The first-order valence-electron chi connectivity index (χ1n) is 7.18. The van der Waals surface area contributed by atoms with Crippen LogP contribution < -0.4 is 0 Å². The maximum absolute atomic E-state index is 11.4. The average molecular weight is 342 g/mol.